The fourth-order valence-corrected chi connectivity index (χ4v) is 3.80. The predicted octanol–water partition coefficient (Wildman–Crippen LogP) is 2.97. The Morgan fingerprint density at radius 3 is 2.59 bits per heavy atom. The van der Waals surface area contributed by atoms with Gasteiger partial charge in [0.25, 0.3) is 0 Å². The number of nitrogens with zero attached hydrogens (tertiary/aromatic N) is 2. The van der Waals surface area contributed by atoms with Gasteiger partial charge in [-0.15, -0.1) is 0 Å². The topological polar surface area (TPSA) is 73.0 Å². The van der Waals surface area contributed by atoms with Gasteiger partial charge >= 0.3 is 0 Å². The summed E-state index contributed by atoms with van der Waals surface area (Å²) in [6.07, 6.45) is 5.61. The highest BCUT2D eigenvalue weighted by atomic mass is 16.3. The first-order valence-electron chi connectivity index (χ1n) is 10.8. The molecule has 1 fully saturated rings. The van der Waals surface area contributed by atoms with E-state index in [-0.39, 0.29) is 6.04 Å². The minimum absolute atomic E-state index is 0.184. The van der Waals surface area contributed by atoms with Crippen molar-refractivity contribution < 1.29 is 9.52 Å². The second-order valence-electron chi connectivity index (χ2n) is 7.57. The van der Waals surface area contributed by atoms with Crippen molar-refractivity contribution in [1.29, 1.82) is 0 Å². The molecule has 0 radical (unpaired) electrons. The molecule has 0 aliphatic carbocycles. The Morgan fingerprint density at radius 2 is 1.90 bits per heavy atom. The van der Waals surface area contributed by atoms with Crippen LogP contribution >= 0.6 is 0 Å². The number of hydrogen-bond donors (Lipinski definition) is 3. The second-order valence-corrected chi connectivity index (χ2v) is 7.57. The molecule has 2 aromatic rings. The molecule has 6 nitrogen and oxygen atoms in total. The zero-order valence-corrected chi connectivity index (χ0v) is 17.4. The highest BCUT2D eigenvalue weighted by molar-refractivity contribution is 5.79. The minimum atomic E-state index is -0.504. The van der Waals surface area contributed by atoms with Crippen LogP contribution in [0.4, 0.5) is 0 Å². The summed E-state index contributed by atoms with van der Waals surface area (Å²) in [6.45, 7) is 6.09. The number of likely N-dealkylation sites (tertiary alicyclic amines) is 1. The molecule has 0 saturated carbocycles. The number of benzene rings is 1. The van der Waals surface area contributed by atoms with Crippen LogP contribution in [-0.2, 0) is 6.42 Å². The molecule has 0 bridgehead atoms. The lowest BCUT2D eigenvalue weighted by Gasteiger charge is -2.33. The largest absolute Gasteiger partial charge is 0.468 e. The maximum absolute atomic E-state index is 10.4. The van der Waals surface area contributed by atoms with Gasteiger partial charge in [0.2, 0.25) is 0 Å². The van der Waals surface area contributed by atoms with Gasteiger partial charge in [-0.3, -0.25) is 9.89 Å². The summed E-state index contributed by atoms with van der Waals surface area (Å²) in [6, 6.07) is 14.2. The molecule has 1 aliphatic rings. The van der Waals surface area contributed by atoms with Crippen LogP contribution in [0.15, 0.2) is 58.1 Å². The smallest absolute Gasteiger partial charge is 0.191 e. The summed E-state index contributed by atoms with van der Waals surface area (Å²) in [4.78, 5) is 7.09. The average Bonchev–Trinajstić information content (AvgIpc) is 3.28. The van der Waals surface area contributed by atoms with Gasteiger partial charge in [0.1, 0.15) is 5.76 Å². The van der Waals surface area contributed by atoms with Gasteiger partial charge in [-0.05, 0) is 50.6 Å². The Bertz CT molecular complexity index is 712. The van der Waals surface area contributed by atoms with E-state index in [1.165, 1.54) is 19.3 Å². The van der Waals surface area contributed by atoms with E-state index >= 15 is 0 Å². The molecule has 158 valence electrons. The number of furan rings is 1. The van der Waals surface area contributed by atoms with Gasteiger partial charge in [0.15, 0.2) is 5.96 Å². The van der Waals surface area contributed by atoms with Crippen molar-refractivity contribution in [3.63, 3.8) is 0 Å². The van der Waals surface area contributed by atoms with Gasteiger partial charge < -0.3 is 20.2 Å². The molecule has 2 atom stereocenters. The van der Waals surface area contributed by atoms with Crippen molar-refractivity contribution in [2.24, 2.45) is 4.99 Å². The molecule has 29 heavy (non-hydrogen) atoms. The maximum Gasteiger partial charge on any atom is 0.191 e. The lowest BCUT2D eigenvalue weighted by atomic mass is 10.1. The lowest BCUT2D eigenvalue weighted by molar-refractivity contribution is 0.146. The number of aliphatic hydroxyl groups excluding tert-OH is 1. The van der Waals surface area contributed by atoms with E-state index in [9.17, 15) is 5.11 Å². The third-order valence-corrected chi connectivity index (χ3v) is 5.28. The molecule has 3 N–H and O–H groups in total. The van der Waals surface area contributed by atoms with Crippen LogP contribution in [0, 0.1) is 0 Å². The third-order valence-electron chi connectivity index (χ3n) is 5.28. The maximum atomic E-state index is 10.4. The molecule has 1 saturated heterocycles. The molecular weight excluding hydrogens is 364 g/mol. The Labute approximate surface area is 174 Å². The van der Waals surface area contributed by atoms with Crippen LogP contribution in [0.3, 0.4) is 0 Å². The second kappa shape index (κ2) is 11.6. The fraction of sp³-hybridized carbons (Fsp3) is 0.522. The first kappa shape index (κ1) is 21.4. The van der Waals surface area contributed by atoms with Gasteiger partial charge in [-0.1, -0.05) is 36.8 Å². The van der Waals surface area contributed by atoms with Crippen LogP contribution in [0.5, 0.6) is 0 Å². The number of hydrogen-bond acceptors (Lipinski definition) is 4. The highest BCUT2D eigenvalue weighted by Gasteiger charge is 2.24. The van der Waals surface area contributed by atoms with Crippen LogP contribution in [0.2, 0.25) is 0 Å². The van der Waals surface area contributed by atoms with Crippen molar-refractivity contribution in [2.75, 3.05) is 32.7 Å². The average molecular weight is 399 g/mol. The van der Waals surface area contributed by atoms with Crippen molar-refractivity contribution >= 4 is 5.96 Å². The third kappa shape index (κ3) is 6.91. The monoisotopic (exact) mass is 398 g/mol. The molecule has 2 heterocycles. The molecule has 1 aromatic carbocycles. The van der Waals surface area contributed by atoms with Crippen LogP contribution in [0.1, 0.15) is 43.6 Å². The van der Waals surface area contributed by atoms with E-state index in [2.05, 4.69) is 26.6 Å². The Morgan fingerprint density at radius 1 is 1.10 bits per heavy atom. The number of aliphatic imine (C=N–C) groups is 1. The highest BCUT2D eigenvalue weighted by Crippen LogP contribution is 2.24. The van der Waals surface area contributed by atoms with Gasteiger partial charge in [0.05, 0.1) is 25.0 Å². The molecule has 6 heteroatoms. The number of piperidine rings is 1. The number of nitrogens with one attached hydrogen (secondary N) is 2. The number of aliphatic hydroxyl groups is 1. The molecule has 1 aromatic heterocycles. The Hall–Kier alpha value is -2.31. The van der Waals surface area contributed by atoms with Crippen LogP contribution in [-0.4, -0.2) is 54.8 Å². The molecule has 0 amide bonds. The first-order valence-corrected chi connectivity index (χ1v) is 10.8. The summed E-state index contributed by atoms with van der Waals surface area (Å²) in [7, 11) is 0. The van der Waals surface area contributed by atoms with Gasteiger partial charge in [-0.2, -0.15) is 0 Å². The summed E-state index contributed by atoms with van der Waals surface area (Å²) in [5.41, 5.74) is 1.12. The van der Waals surface area contributed by atoms with Crippen molar-refractivity contribution in [1.82, 2.24) is 15.5 Å². The molecule has 3 rings (SSSR count). The van der Waals surface area contributed by atoms with E-state index in [0.29, 0.717) is 19.5 Å². The zero-order valence-electron chi connectivity index (χ0n) is 17.4. The van der Waals surface area contributed by atoms with E-state index < -0.39 is 6.10 Å². The summed E-state index contributed by atoms with van der Waals surface area (Å²) < 4.78 is 5.72. The number of rotatable bonds is 9. The normalized spacial score (nSPS) is 17.7. The predicted molar refractivity (Wildman–Crippen MR) is 117 cm³/mol. The van der Waals surface area contributed by atoms with Crippen LogP contribution in [0.25, 0.3) is 0 Å². The Kier molecular flexibility index (Phi) is 8.58. The van der Waals surface area contributed by atoms with Crippen molar-refractivity contribution in [3.05, 3.63) is 60.1 Å². The quantitative estimate of drug-likeness (QED) is 0.447. The van der Waals surface area contributed by atoms with E-state index in [1.807, 2.05) is 43.3 Å². The molecule has 0 spiro atoms. The van der Waals surface area contributed by atoms with E-state index in [4.69, 9.17) is 4.42 Å². The van der Waals surface area contributed by atoms with Gasteiger partial charge in [0, 0.05) is 19.5 Å². The zero-order chi connectivity index (χ0) is 20.3. The molecular formula is C23H34N4O2. The molecule has 2 unspecified atom stereocenters. The SMILES string of the molecule is CCNC(=NCC(O)Cc1ccccc1)NCC(c1ccco1)N1CCCCC1. The van der Waals surface area contributed by atoms with Crippen molar-refractivity contribution in [3.8, 4) is 0 Å². The molecule has 1 aliphatic heterocycles. The first-order chi connectivity index (χ1) is 14.3. The fourth-order valence-electron chi connectivity index (χ4n) is 3.80. The van der Waals surface area contributed by atoms with Crippen molar-refractivity contribution in [2.45, 2.75) is 44.8 Å². The lowest BCUT2D eigenvalue weighted by Crippen LogP contribution is -2.44. The van der Waals surface area contributed by atoms with Crippen LogP contribution < -0.4 is 10.6 Å². The van der Waals surface area contributed by atoms with Gasteiger partial charge in [-0.25, -0.2) is 0 Å². The number of guanidine groups is 1. The summed E-state index contributed by atoms with van der Waals surface area (Å²) in [5.74, 6) is 1.72. The van der Waals surface area contributed by atoms with E-state index in [1.54, 1.807) is 6.26 Å². The standard InChI is InChI=1S/C23H34N4O2/c1-2-24-23(25-17-20(28)16-19-10-5-3-6-11-19)26-18-21(22-12-9-15-29-22)27-13-7-4-8-14-27/h3,5-6,9-12,15,20-21,28H,2,4,7-8,13-14,16-18H2,1H3,(H2,24,25,26). The summed E-state index contributed by atoms with van der Waals surface area (Å²) in [5, 5.41) is 17.1. The van der Waals surface area contributed by atoms with E-state index in [0.717, 1.165) is 36.9 Å². The Balaban J connectivity index is 1.58. The summed E-state index contributed by atoms with van der Waals surface area (Å²) >= 11 is 0. The minimum Gasteiger partial charge on any atom is -0.468 e.